The van der Waals surface area contributed by atoms with Gasteiger partial charge in [-0.1, -0.05) is 30.3 Å². The van der Waals surface area contributed by atoms with Crippen molar-refractivity contribution < 1.29 is 19.1 Å². The largest absolute Gasteiger partial charge is 0.454 e. The number of nitrogens with zero attached hydrogens (tertiary/aromatic N) is 2. The number of ether oxygens (including phenoxy) is 2. The predicted octanol–water partition coefficient (Wildman–Crippen LogP) is 2.54. The van der Waals surface area contributed by atoms with Crippen molar-refractivity contribution in [3.05, 3.63) is 64.7 Å². The van der Waals surface area contributed by atoms with Gasteiger partial charge in [0.2, 0.25) is 18.6 Å². The molecule has 2 aromatic carbocycles. The molecule has 6 heteroatoms. The minimum atomic E-state index is -0.471. The molecule has 3 aliphatic heterocycles. The molecule has 2 atom stereocenters. The van der Waals surface area contributed by atoms with Crippen molar-refractivity contribution in [1.82, 2.24) is 9.80 Å². The van der Waals surface area contributed by atoms with Crippen LogP contribution in [-0.4, -0.2) is 48.0 Å². The number of fused-ring (bicyclic) bond motifs is 4. The highest BCUT2D eigenvalue weighted by atomic mass is 16.7. The summed E-state index contributed by atoms with van der Waals surface area (Å²) in [6, 6.07) is 13.5. The van der Waals surface area contributed by atoms with E-state index in [4.69, 9.17) is 9.47 Å². The monoisotopic (exact) mass is 388 g/mol. The lowest BCUT2D eigenvalue weighted by Gasteiger charge is -2.47. The van der Waals surface area contributed by atoms with Crippen molar-refractivity contribution in [1.29, 1.82) is 0 Å². The van der Waals surface area contributed by atoms with Gasteiger partial charge in [-0.3, -0.25) is 9.59 Å². The summed E-state index contributed by atoms with van der Waals surface area (Å²) < 4.78 is 11.0. The summed E-state index contributed by atoms with van der Waals surface area (Å²) in [4.78, 5) is 29.5. The van der Waals surface area contributed by atoms with Gasteiger partial charge in [0, 0.05) is 13.5 Å². The second-order valence-electron chi connectivity index (χ2n) is 8.07. The number of carbonyl (C=O) groups excluding carboxylic acids is 2. The van der Waals surface area contributed by atoms with E-state index in [1.807, 2.05) is 35.2 Å². The second kappa shape index (κ2) is 5.86. The van der Waals surface area contributed by atoms with Crippen molar-refractivity contribution in [2.75, 3.05) is 20.4 Å². The molecule has 0 aromatic heterocycles. The molecular weight excluding hydrogens is 368 g/mol. The maximum Gasteiger partial charge on any atom is 0.245 e. The van der Waals surface area contributed by atoms with E-state index in [-0.39, 0.29) is 31.2 Å². The van der Waals surface area contributed by atoms with E-state index in [2.05, 4.69) is 12.1 Å². The fourth-order valence-corrected chi connectivity index (χ4v) is 5.18. The number of amides is 2. The number of benzene rings is 2. The van der Waals surface area contributed by atoms with Crippen LogP contribution in [0.2, 0.25) is 0 Å². The van der Waals surface area contributed by atoms with Gasteiger partial charge >= 0.3 is 0 Å². The molecule has 2 aromatic rings. The quantitative estimate of drug-likeness (QED) is 0.753. The van der Waals surface area contributed by atoms with E-state index in [0.717, 1.165) is 12.0 Å². The van der Waals surface area contributed by atoms with Crippen LogP contribution in [0.3, 0.4) is 0 Å². The van der Waals surface area contributed by atoms with Crippen molar-refractivity contribution in [3.8, 4) is 11.5 Å². The van der Waals surface area contributed by atoms with Crippen LogP contribution in [0, 0.1) is 0 Å². The second-order valence-corrected chi connectivity index (χ2v) is 8.07. The molecular formula is C23H20N2O4. The van der Waals surface area contributed by atoms with Crippen molar-refractivity contribution in [3.63, 3.8) is 0 Å². The van der Waals surface area contributed by atoms with Gasteiger partial charge in [-0.05, 0) is 46.4 Å². The molecule has 2 amide bonds. The number of carbonyl (C=O) groups is 2. The highest BCUT2D eigenvalue weighted by molar-refractivity contribution is 5.98. The van der Waals surface area contributed by atoms with Gasteiger partial charge in [-0.25, -0.2) is 0 Å². The van der Waals surface area contributed by atoms with E-state index >= 15 is 0 Å². The van der Waals surface area contributed by atoms with Crippen molar-refractivity contribution in [2.45, 2.75) is 24.9 Å². The average molecular weight is 388 g/mol. The predicted molar refractivity (Wildman–Crippen MR) is 105 cm³/mol. The third-order valence-corrected chi connectivity index (χ3v) is 6.49. The Kier molecular flexibility index (Phi) is 3.37. The topological polar surface area (TPSA) is 59.1 Å². The molecule has 1 saturated heterocycles. The van der Waals surface area contributed by atoms with Crippen molar-refractivity contribution >= 4 is 17.4 Å². The third kappa shape index (κ3) is 2.29. The van der Waals surface area contributed by atoms with E-state index in [0.29, 0.717) is 17.9 Å². The van der Waals surface area contributed by atoms with Crippen molar-refractivity contribution in [2.24, 2.45) is 0 Å². The number of hydrogen-bond acceptors (Lipinski definition) is 4. The Balaban J connectivity index is 1.54. The molecule has 0 unspecified atom stereocenters. The zero-order valence-electron chi connectivity index (χ0n) is 16.1. The first kappa shape index (κ1) is 16.7. The minimum Gasteiger partial charge on any atom is -0.454 e. The Morgan fingerprint density at radius 3 is 2.76 bits per heavy atom. The summed E-state index contributed by atoms with van der Waals surface area (Å²) in [6.07, 6.45) is 1.37. The lowest BCUT2D eigenvalue weighted by Crippen LogP contribution is -2.61. The van der Waals surface area contributed by atoms with Crippen LogP contribution in [-0.2, 0) is 16.0 Å². The molecule has 146 valence electrons. The summed E-state index contributed by atoms with van der Waals surface area (Å²) in [7, 11) is 1.71. The Labute approximate surface area is 168 Å². The van der Waals surface area contributed by atoms with Crippen LogP contribution in [0.5, 0.6) is 11.5 Å². The number of rotatable bonds is 1. The highest BCUT2D eigenvalue weighted by Crippen LogP contribution is 2.50. The zero-order chi connectivity index (χ0) is 19.7. The molecule has 1 aliphatic carbocycles. The van der Waals surface area contributed by atoms with Gasteiger partial charge < -0.3 is 19.3 Å². The summed E-state index contributed by atoms with van der Waals surface area (Å²) in [5, 5.41) is 0. The fraction of sp³-hybridized carbons (Fsp3) is 0.304. The summed E-state index contributed by atoms with van der Waals surface area (Å²) >= 11 is 0. The lowest BCUT2D eigenvalue weighted by atomic mass is 9.83. The van der Waals surface area contributed by atoms with Crippen LogP contribution in [0.25, 0.3) is 5.57 Å². The molecule has 0 radical (unpaired) electrons. The van der Waals surface area contributed by atoms with E-state index in [9.17, 15) is 9.59 Å². The van der Waals surface area contributed by atoms with E-state index in [1.165, 1.54) is 22.3 Å². The van der Waals surface area contributed by atoms with Gasteiger partial charge in [-0.15, -0.1) is 0 Å². The zero-order valence-corrected chi connectivity index (χ0v) is 16.1. The molecule has 6 nitrogen and oxygen atoms in total. The fourth-order valence-electron chi connectivity index (χ4n) is 5.18. The first-order valence-electron chi connectivity index (χ1n) is 9.87. The average Bonchev–Trinajstić information content (AvgIpc) is 3.34. The normalized spacial score (nSPS) is 24.6. The van der Waals surface area contributed by atoms with Crippen LogP contribution < -0.4 is 9.47 Å². The molecule has 0 N–H and O–H groups in total. The summed E-state index contributed by atoms with van der Waals surface area (Å²) in [5.41, 5.74) is 5.86. The maximum atomic E-state index is 13.1. The first-order chi connectivity index (χ1) is 14.1. The van der Waals surface area contributed by atoms with E-state index < -0.39 is 6.04 Å². The van der Waals surface area contributed by atoms with Crippen LogP contribution in [0.1, 0.15) is 29.2 Å². The number of likely N-dealkylation sites (N-methyl/N-ethyl adjacent to an activating group) is 1. The molecule has 3 heterocycles. The third-order valence-electron chi connectivity index (χ3n) is 6.49. The molecule has 6 rings (SSSR count). The Morgan fingerprint density at radius 2 is 1.86 bits per heavy atom. The van der Waals surface area contributed by atoms with Crippen LogP contribution in [0.4, 0.5) is 0 Å². The molecule has 4 aliphatic rings. The molecule has 0 saturated carbocycles. The Morgan fingerprint density at radius 1 is 1.03 bits per heavy atom. The maximum absolute atomic E-state index is 13.1. The first-order valence-corrected chi connectivity index (χ1v) is 9.87. The number of hydrogen-bond donors (Lipinski definition) is 0. The Hall–Kier alpha value is -3.28. The summed E-state index contributed by atoms with van der Waals surface area (Å²) in [6.45, 7) is 0.323. The molecule has 1 fully saturated rings. The Bertz CT molecular complexity index is 1110. The standard InChI is InChI=1S/C23H20N2O4/c1-24-11-21(26)25-18(23(24)27)10-16-15-5-3-2-4-13(15)8-17(16)22(25)14-6-7-19-20(9-14)29-12-28-19/h2-7,9,18,22H,8,10-12H2,1H3/t18-,22-/m1/s1. The van der Waals surface area contributed by atoms with Gasteiger partial charge in [0.15, 0.2) is 11.5 Å². The minimum absolute atomic E-state index is 0.00581. The van der Waals surface area contributed by atoms with Gasteiger partial charge in [-0.2, -0.15) is 0 Å². The van der Waals surface area contributed by atoms with Gasteiger partial charge in [0.25, 0.3) is 0 Å². The SMILES string of the molecule is CN1CC(=O)N2[C@H](CC3=C(Cc4ccccc43)[C@H]2c2ccc3c(c2)OCO3)C1=O. The lowest BCUT2D eigenvalue weighted by molar-refractivity contribution is -0.156. The van der Waals surface area contributed by atoms with Gasteiger partial charge in [0.1, 0.15) is 6.04 Å². The molecule has 0 bridgehead atoms. The summed E-state index contributed by atoms with van der Waals surface area (Å²) in [5.74, 6) is 1.40. The van der Waals surface area contributed by atoms with Crippen LogP contribution in [0.15, 0.2) is 48.0 Å². The van der Waals surface area contributed by atoms with Gasteiger partial charge in [0.05, 0.1) is 12.6 Å². The van der Waals surface area contributed by atoms with E-state index in [1.54, 1.807) is 11.9 Å². The molecule has 29 heavy (non-hydrogen) atoms. The smallest absolute Gasteiger partial charge is 0.245 e. The number of piperazine rings is 1. The van der Waals surface area contributed by atoms with Crippen LogP contribution >= 0.6 is 0 Å². The highest BCUT2D eigenvalue weighted by Gasteiger charge is 2.48. The molecule has 0 spiro atoms.